The Kier molecular flexibility index (Phi) is 5.59. The number of carbonyl (C=O) groups excluding carboxylic acids is 1. The standard InChI is InChI=1S/C13H12BrNO3S2/c1-17-4-5-18-10-3-2-9(14)6-8(10)7-11-12(16)15-13(19)20-11/h2-3,6-7H,4-5H2,1H3,(H,15,16,19)/b11-7-. The lowest BCUT2D eigenvalue weighted by Gasteiger charge is -2.09. The molecule has 0 aromatic heterocycles. The minimum absolute atomic E-state index is 0.178. The van der Waals surface area contributed by atoms with Gasteiger partial charge < -0.3 is 14.8 Å². The molecule has 1 aromatic rings. The molecule has 1 N–H and O–H groups in total. The molecule has 0 atom stereocenters. The van der Waals surface area contributed by atoms with E-state index in [9.17, 15) is 4.79 Å². The van der Waals surface area contributed by atoms with Crippen LogP contribution >= 0.6 is 39.9 Å². The number of ether oxygens (including phenoxy) is 2. The van der Waals surface area contributed by atoms with Crippen molar-refractivity contribution in [3.05, 3.63) is 33.1 Å². The van der Waals surface area contributed by atoms with Crippen LogP contribution in [0.5, 0.6) is 5.75 Å². The van der Waals surface area contributed by atoms with E-state index in [0.717, 1.165) is 10.0 Å². The highest BCUT2D eigenvalue weighted by Crippen LogP contribution is 2.31. The predicted molar refractivity (Wildman–Crippen MR) is 87.8 cm³/mol. The van der Waals surface area contributed by atoms with E-state index in [2.05, 4.69) is 21.2 Å². The number of hydrogen-bond acceptors (Lipinski definition) is 5. The van der Waals surface area contributed by atoms with Crippen LogP contribution in [-0.4, -0.2) is 30.6 Å². The molecule has 1 heterocycles. The maximum Gasteiger partial charge on any atom is 0.263 e. The third-order valence-corrected chi connectivity index (χ3v) is 4.10. The molecule has 1 aromatic carbocycles. The van der Waals surface area contributed by atoms with Crippen LogP contribution in [0.25, 0.3) is 6.08 Å². The second-order valence-electron chi connectivity index (χ2n) is 3.88. The average molecular weight is 374 g/mol. The molecule has 0 aliphatic carbocycles. The largest absolute Gasteiger partial charge is 0.491 e. The maximum atomic E-state index is 11.7. The van der Waals surface area contributed by atoms with Crippen LogP contribution in [0.4, 0.5) is 0 Å². The van der Waals surface area contributed by atoms with Gasteiger partial charge in [-0.15, -0.1) is 0 Å². The van der Waals surface area contributed by atoms with Crippen LogP contribution in [-0.2, 0) is 9.53 Å². The molecule has 0 radical (unpaired) electrons. The molecule has 0 saturated carbocycles. The molecule has 2 rings (SSSR count). The van der Waals surface area contributed by atoms with Crippen LogP contribution in [0.2, 0.25) is 0 Å². The van der Waals surface area contributed by atoms with E-state index in [1.165, 1.54) is 11.8 Å². The second-order valence-corrected chi connectivity index (χ2v) is 6.51. The maximum absolute atomic E-state index is 11.7. The molecule has 0 spiro atoms. The highest BCUT2D eigenvalue weighted by atomic mass is 79.9. The monoisotopic (exact) mass is 373 g/mol. The summed E-state index contributed by atoms with van der Waals surface area (Å²) in [5.74, 6) is 0.520. The summed E-state index contributed by atoms with van der Waals surface area (Å²) in [6, 6.07) is 5.63. The summed E-state index contributed by atoms with van der Waals surface area (Å²) in [6.07, 6.45) is 1.77. The number of hydrogen-bond donors (Lipinski definition) is 1. The lowest BCUT2D eigenvalue weighted by Crippen LogP contribution is -2.17. The van der Waals surface area contributed by atoms with Gasteiger partial charge in [0.25, 0.3) is 5.91 Å². The smallest absolute Gasteiger partial charge is 0.263 e. The van der Waals surface area contributed by atoms with Gasteiger partial charge in [0, 0.05) is 17.1 Å². The summed E-state index contributed by atoms with van der Waals surface area (Å²) in [7, 11) is 1.62. The van der Waals surface area contributed by atoms with Crippen molar-refractivity contribution in [2.75, 3.05) is 20.3 Å². The van der Waals surface area contributed by atoms with Crippen molar-refractivity contribution >= 4 is 56.2 Å². The van der Waals surface area contributed by atoms with Crippen molar-refractivity contribution in [3.8, 4) is 5.75 Å². The van der Waals surface area contributed by atoms with Crippen LogP contribution in [0.3, 0.4) is 0 Å². The van der Waals surface area contributed by atoms with E-state index in [4.69, 9.17) is 21.7 Å². The fourth-order valence-corrected chi connectivity index (χ4v) is 2.97. The van der Waals surface area contributed by atoms with E-state index < -0.39 is 0 Å². The third kappa shape index (κ3) is 4.05. The number of thiocarbonyl (C=S) groups is 1. The van der Waals surface area contributed by atoms with Gasteiger partial charge in [-0.3, -0.25) is 4.79 Å². The summed E-state index contributed by atoms with van der Waals surface area (Å²) < 4.78 is 12.0. The summed E-state index contributed by atoms with van der Waals surface area (Å²) in [5.41, 5.74) is 0.817. The minimum Gasteiger partial charge on any atom is -0.491 e. The van der Waals surface area contributed by atoms with Gasteiger partial charge in [-0.25, -0.2) is 0 Å². The fraction of sp³-hybridized carbons (Fsp3) is 0.231. The van der Waals surface area contributed by atoms with Gasteiger partial charge in [-0.05, 0) is 24.3 Å². The number of carbonyl (C=O) groups is 1. The molecule has 7 heteroatoms. The number of nitrogens with one attached hydrogen (secondary N) is 1. The Bertz CT molecular complexity index is 575. The van der Waals surface area contributed by atoms with Gasteiger partial charge in [-0.1, -0.05) is 39.9 Å². The van der Waals surface area contributed by atoms with Gasteiger partial charge in [0.05, 0.1) is 11.5 Å². The van der Waals surface area contributed by atoms with Crippen molar-refractivity contribution in [1.82, 2.24) is 5.32 Å². The third-order valence-electron chi connectivity index (χ3n) is 2.45. The van der Waals surface area contributed by atoms with E-state index in [0.29, 0.717) is 28.2 Å². The highest BCUT2D eigenvalue weighted by Gasteiger charge is 2.22. The van der Waals surface area contributed by atoms with Crippen LogP contribution in [0.1, 0.15) is 5.56 Å². The van der Waals surface area contributed by atoms with Crippen molar-refractivity contribution < 1.29 is 14.3 Å². The Labute approximate surface area is 135 Å². The Morgan fingerprint density at radius 2 is 2.25 bits per heavy atom. The van der Waals surface area contributed by atoms with Crippen molar-refractivity contribution in [1.29, 1.82) is 0 Å². The Balaban J connectivity index is 2.25. The number of amides is 1. The molecule has 106 valence electrons. The van der Waals surface area contributed by atoms with Crippen LogP contribution in [0.15, 0.2) is 27.6 Å². The molecule has 4 nitrogen and oxygen atoms in total. The van der Waals surface area contributed by atoms with Gasteiger partial charge in [-0.2, -0.15) is 0 Å². The molecule has 0 unspecified atom stereocenters. The zero-order valence-electron chi connectivity index (χ0n) is 10.6. The number of rotatable bonds is 5. The molecule has 1 aliphatic heterocycles. The normalized spacial score (nSPS) is 16.6. The lowest BCUT2D eigenvalue weighted by atomic mass is 10.2. The van der Waals surface area contributed by atoms with Crippen LogP contribution < -0.4 is 10.1 Å². The quantitative estimate of drug-likeness (QED) is 0.488. The van der Waals surface area contributed by atoms with E-state index in [-0.39, 0.29) is 5.91 Å². The summed E-state index contributed by atoms with van der Waals surface area (Å²) >= 11 is 9.63. The van der Waals surface area contributed by atoms with Gasteiger partial charge in [0.15, 0.2) is 0 Å². The summed E-state index contributed by atoms with van der Waals surface area (Å²) in [6.45, 7) is 0.956. The SMILES string of the molecule is COCCOc1ccc(Br)cc1/C=C1\SC(=S)NC1=O. The average Bonchev–Trinajstić information content (AvgIpc) is 2.71. The van der Waals surface area contributed by atoms with Crippen molar-refractivity contribution in [2.45, 2.75) is 0 Å². The molecular formula is C13H12BrNO3S2. The highest BCUT2D eigenvalue weighted by molar-refractivity contribution is 9.10. The van der Waals surface area contributed by atoms with E-state index >= 15 is 0 Å². The molecular weight excluding hydrogens is 362 g/mol. The lowest BCUT2D eigenvalue weighted by molar-refractivity contribution is -0.115. The molecule has 1 aliphatic rings. The molecule has 1 amide bonds. The fourth-order valence-electron chi connectivity index (χ4n) is 1.56. The Morgan fingerprint density at radius 3 is 2.90 bits per heavy atom. The molecule has 1 saturated heterocycles. The second kappa shape index (κ2) is 7.21. The van der Waals surface area contributed by atoms with Gasteiger partial charge in [0.1, 0.15) is 16.7 Å². The van der Waals surface area contributed by atoms with Gasteiger partial charge in [0.2, 0.25) is 0 Å². The Morgan fingerprint density at radius 1 is 1.45 bits per heavy atom. The minimum atomic E-state index is -0.178. The van der Waals surface area contributed by atoms with E-state index in [1.807, 2.05) is 18.2 Å². The summed E-state index contributed by atoms with van der Waals surface area (Å²) in [5, 5.41) is 2.59. The van der Waals surface area contributed by atoms with Crippen LogP contribution in [0, 0.1) is 0 Å². The Hall–Kier alpha value is -0.890. The predicted octanol–water partition coefficient (Wildman–Crippen LogP) is 2.96. The molecule has 1 fully saturated rings. The first-order valence-electron chi connectivity index (χ1n) is 5.76. The number of halogens is 1. The summed E-state index contributed by atoms with van der Waals surface area (Å²) in [4.78, 5) is 12.2. The number of benzene rings is 1. The van der Waals surface area contributed by atoms with Crippen molar-refractivity contribution in [3.63, 3.8) is 0 Å². The first-order valence-corrected chi connectivity index (χ1v) is 7.78. The zero-order valence-corrected chi connectivity index (χ0v) is 13.9. The van der Waals surface area contributed by atoms with Crippen molar-refractivity contribution in [2.24, 2.45) is 0 Å². The first-order chi connectivity index (χ1) is 9.60. The number of thioether (sulfide) groups is 1. The van der Waals surface area contributed by atoms with E-state index in [1.54, 1.807) is 13.2 Å². The molecule has 0 bridgehead atoms. The number of methoxy groups -OCH3 is 1. The topological polar surface area (TPSA) is 47.6 Å². The zero-order chi connectivity index (χ0) is 14.5. The first kappa shape index (κ1) is 15.5. The molecule has 20 heavy (non-hydrogen) atoms. The van der Waals surface area contributed by atoms with Gasteiger partial charge >= 0.3 is 0 Å².